The number of carbonyl (C=O) groups is 1. The van der Waals surface area contributed by atoms with Crippen molar-refractivity contribution in [2.45, 2.75) is 52.0 Å². The van der Waals surface area contributed by atoms with E-state index >= 15 is 0 Å². The van der Waals surface area contributed by atoms with E-state index in [4.69, 9.17) is 5.73 Å². The van der Waals surface area contributed by atoms with Gasteiger partial charge < -0.3 is 15.4 Å². The highest BCUT2D eigenvalue weighted by Gasteiger charge is 2.28. The fourth-order valence-electron chi connectivity index (χ4n) is 1.91. The quantitative estimate of drug-likeness (QED) is 0.496. The van der Waals surface area contributed by atoms with Gasteiger partial charge in [-0.3, -0.25) is 4.79 Å². The fraction of sp³-hybridized carbons (Fsp3) is 0.923. The molecule has 0 spiro atoms. The summed E-state index contributed by atoms with van der Waals surface area (Å²) in [5.74, 6) is -0.321. The molecule has 0 rings (SSSR count). The van der Waals surface area contributed by atoms with Crippen LogP contribution < -0.4 is 5.73 Å². The van der Waals surface area contributed by atoms with Crippen molar-refractivity contribution in [3.05, 3.63) is 0 Å². The van der Waals surface area contributed by atoms with Crippen molar-refractivity contribution in [1.29, 1.82) is 0 Å². The average molecular weight is 244 g/mol. The minimum atomic E-state index is -0.837. The highest BCUT2D eigenvalue weighted by molar-refractivity contribution is 5.79. The summed E-state index contributed by atoms with van der Waals surface area (Å²) in [7, 11) is 1.38. The average Bonchev–Trinajstić information content (AvgIpc) is 2.31. The lowest BCUT2D eigenvalue weighted by Gasteiger charge is -2.23. The smallest absolute Gasteiger partial charge is 0.325 e. The van der Waals surface area contributed by atoms with Crippen molar-refractivity contribution < 1.29 is 9.53 Å². The van der Waals surface area contributed by atoms with Gasteiger partial charge in [0.25, 0.3) is 0 Å². The monoisotopic (exact) mass is 244 g/mol. The van der Waals surface area contributed by atoms with Gasteiger partial charge in [0.05, 0.1) is 7.11 Å². The minimum Gasteiger partial charge on any atom is -0.468 e. The van der Waals surface area contributed by atoms with Crippen molar-refractivity contribution in [2.75, 3.05) is 26.7 Å². The maximum atomic E-state index is 11.4. The molecule has 2 N–H and O–H groups in total. The van der Waals surface area contributed by atoms with Crippen molar-refractivity contribution in [1.82, 2.24) is 4.90 Å². The van der Waals surface area contributed by atoms with Gasteiger partial charge >= 0.3 is 5.97 Å². The van der Waals surface area contributed by atoms with Crippen LogP contribution in [0.15, 0.2) is 0 Å². The van der Waals surface area contributed by atoms with Crippen molar-refractivity contribution in [2.24, 2.45) is 5.73 Å². The topological polar surface area (TPSA) is 55.6 Å². The third kappa shape index (κ3) is 6.64. The van der Waals surface area contributed by atoms with Crippen LogP contribution in [0, 0.1) is 0 Å². The van der Waals surface area contributed by atoms with Crippen LogP contribution in [0.5, 0.6) is 0 Å². The van der Waals surface area contributed by atoms with Crippen LogP contribution in [-0.4, -0.2) is 43.2 Å². The second-order valence-electron chi connectivity index (χ2n) is 4.80. The highest BCUT2D eigenvalue weighted by atomic mass is 16.5. The Morgan fingerprint density at radius 2 is 1.94 bits per heavy atom. The summed E-state index contributed by atoms with van der Waals surface area (Å²) < 4.78 is 4.68. The molecule has 0 aliphatic heterocycles. The molecular weight excluding hydrogens is 216 g/mol. The molecule has 0 bridgehead atoms. The third-order valence-electron chi connectivity index (χ3n) is 3.06. The molecule has 4 nitrogen and oxygen atoms in total. The van der Waals surface area contributed by atoms with Gasteiger partial charge in [0.2, 0.25) is 0 Å². The van der Waals surface area contributed by atoms with E-state index in [2.05, 4.69) is 23.5 Å². The first-order valence-electron chi connectivity index (χ1n) is 6.57. The van der Waals surface area contributed by atoms with E-state index in [-0.39, 0.29) is 5.97 Å². The molecule has 0 saturated carbocycles. The SMILES string of the molecule is CCCN(CC)CCCCC(C)(N)C(=O)OC. The Morgan fingerprint density at radius 1 is 1.29 bits per heavy atom. The first-order valence-corrected chi connectivity index (χ1v) is 6.57. The van der Waals surface area contributed by atoms with E-state index in [1.54, 1.807) is 6.92 Å². The van der Waals surface area contributed by atoms with Crippen LogP contribution >= 0.6 is 0 Å². The summed E-state index contributed by atoms with van der Waals surface area (Å²) in [6.07, 6.45) is 3.91. The van der Waals surface area contributed by atoms with E-state index < -0.39 is 5.54 Å². The largest absolute Gasteiger partial charge is 0.468 e. The molecule has 0 fully saturated rings. The molecule has 0 aromatic heterocycles. The van der Waals surface area contributed by atoms with Gasteiger partial charge in [-0.2, -0.15) is 0 Å². The van der Waals surface area contributed by atoms with Crippen LogP contribution in [0.25, 0.3) is 0 Å². The number of rotatable bonds is 9. The number of hydrogen-bond donors (Lipinski definition) is 1. The molecule has 0 heterocycles. The summed E-state index contributed by atoms with van der Waals surface area (Å²) in [6.45, 7) is 9.43. The molecule has 1 unspecified atom stereocenters. The molecule has 0 radical (unpaired) electrons. The number of hydrogen-bond acceptors (Lipinski definition) is 4. The van der Waals surface area contributed by atoms with Crippen molar-refractivity contribution >= 4 is 5.97 Å². The molecule has 17 heavy (non-hydrogen) atoms. The Hall–Kier alpha value is -0.610. The Kier molecular flexibility index (Phi) is 8.17. The van der Waals surface area contributed by atoms with Gasteiger partial charge in [0.15, 0.2) is 0 Å². The van der Waals surface area contributed by atoms with Gasteiger partial charge in [-0.05, 0) is 52.2 Å². The molecule has 0 amide bonds. The summed E-state index contributed by atoms with van der Waals surface area (Å²) in [5, 5.41) is 0. The second kappa shape index (κ2) is 8.48. The number of nitrogens with two attached hydrogens (primary N) is 1. The standard InChI is InChI=1S/C13H28N2O2/c1-5-10-15(6-2)11-8-7-9-13(3,14)12(16)17-4/h5-11,14H2,1-4H3. The van der Waals surface area contributed by atoms with E-state index in [0.717, 1.165) is 32.5 Å². The molecule has 1 atom stereocenters. The molecule has 0 aromatic carbocycles. The molecule has 0 aliphatic carbocycles. The predicted octanol–water partition coefficient (Wildman–Crippen LogP) is 1.78. The normalized spacial score (nSPS) is 14.7. The van der Waals surface area contributed by atoms with E-state index in [0.29, 0.717) is 6.42 Å². The van der Waals surface area contributed by atoms with Gasteiger partial charge in [0.1, 0.15) is 5.54 Å². The van der Waals surface area contributed by atoms with E-state index in [9.17, 15) is 4.79 Å². The first-order chi connectivity index (χ1) is 7.97. The van der Waals surface area contributed by atoms with E-state index in [1.165, 1.54) is 13.5 Å². The van der Waals surface area contributed by atoms with Crippen LogP contribution in [0.3, 0.4) is 0 Å². The van der Waals surface area contributed by atoms with E-state index in [1.807, 2.05) is 0 Å². The minimum absolute atomic E-state index is 0.321. The maximum Gasteiger partial charge on any atom is 0.325 e. The summed E-state index contributed by atoms with van der Waals surface area (Å²) >= 11 is 0. The summed E-state index contributed by atoms with van der Waals surface area (Å²) in [5.41, 5.74) is 5.05. The van der Waals surface area contributed by atoms with Gasteiger partial charge in [-0.15, -0.1) is 0 Å². The lowest BCUT2D eigenvalue weighted by Crippen LogP contribution is -2.45. The summed E-state index contributed by atoms with van der Waals surface area (Å²) in [4.78, 5) is 13.8. The zero-order chi connectivity index (χ0) is 13.3. The van der Waals surface area contributed by atoms with Crippen molar-refractivity contribution in [3.8, 4) is 0 Å². The Balaban J connectivity index is 3.79. The first kappa shape index (κ1) is 16.4. The van der Waals surface area contributed by atoms with Crippen LogP contribution in [0.2, 0.25) is 0 Å². The maximum absolute atomic E-state index is 11.4. The number of carbonyl (C=O) groups excluding carboxylic acids is 1. The Morgan fingerprint density at radius 3 is 2.41 bits per heavy atom. The Bertz CT molecular complexity index is 217. The predicted molar refractivity (Wildman–Crippen MR) is 70.9 cm³/mol. The Labute approximate surface area is 105 Å². The number of esters is 1. The molecule has 0 aliphatic rings. The van der Waals surface area contributed by atoms with Gasteiger partial charge in [-0.1, -0.05) is 13.8 Å². The van der Waals surface area contributed by atoms with Crippen LogP contribution in [-0.2, 0) is 9.53 Å². The second-order valence-corrected chi connectivity index (χ2v) is 4.80. The van der Waals surface area contributed by atoms with Gasteiger partial charge in [0, 0.05) is 0 Å². The zero-order valence-corrected chi connectivity index (χ0v) is 11.8. The number of methoxy groups -OCH3 is 1. The van der Waals surface area contributed by atoms with Gasteiger partial charge in [-0.25, -0.2) is 0 Å². The number of nitrogens with zero attached hydrogens (tertiary/aromatic N) is 1. The summed E-state index contributed by atoms with van der Waals surface area (Å²) in [6, 6.07) is 0. The molecule has 102 valence electrons. The van der Waals surface area contributed by atoms with Crippen LogP contribution in [0.1, 0.15) is 46.5 Å². The number of ether oxygens (including phenoxy) is 1. The third-order valence-corrected chi connectivity index (χ3v) is 3.06. The zero-order valence-electron chi connectivity index (χ0n) is 11.8. The number of unbranched alkanes of at least 4 members (excludes halogenated alkanes) is 1. The molecule has 0 aromatic rings. The van der Waals surface area contributed by atoms with Crippen LogP contribution in [0.4, 0.5) is 0 Å². The lowest BCUT2D eigenvalue weighted by molar-refractivity contribution is -0.146. The lowest BCUT2D eigenvalue weighted by atomic mass is 9.96. The van der Waals surface area contributed by atoms with Crippen molar-refractivity contribution in [3.63, 3.8) is 0 Å². The molecule has 4 heteroatoms. The molecule has 0 saturated heterocycles. The fourth-order valence-corrected chi connectivity index (χ4v) is 1.91. The molecular formula is C13H28N2O2. The highest BCUT2D eigenvalue weighted by Crippen LogP contribution is 2.12.